The monoisotopic (exact) mass is 392 g/mol. The summed E-state index contributed by atoms with van der Waals surface area (Å²) >= 11 is 1.28. The van der Waals surface area contributed by atoms with Crippen LogP contribution in [-0.4, -0.2) is 45.2 Å². The van der Waals surface area contributed by atoms with Crippen molar-refractivity contribution in [3.63, 3.8) is 0 Å². The Balaban J connectivity index is 2.04. The molecule has 0 radical (unpaired) electrons. The van der Waals surface area contributed by atoms with Gasteiger partial charge in [0.05, 0.1) is 44.5 Å². The van der Waals surface area contributed by atoms with Crippen molar-refractivity contribution in [3.8, 4) is 5.75 Å². The van der Waals surface area contributed by atoms with E-state index in [4.69, 9.17) is 4.74 Å². The van der Waals surface area contributed by atoms with Gasteiger partial charge in [0.2, 0.25) is 0 Å². The molecule has 1 heterocycles. The number of amides is 1. The van der Waals surface area contributed by atoms with Crippen molar-refractivity contribution in [2.75, 3.05) is 39.2 Å². The summed E-state index contributed by atoms with van der Waals surface area (Å²) in [5, 5.41) is 0.396. The average molecular weight is 392 g/mol. The summed E-state index contributed by atoms with van der Waals surface area (Å²) < 4.78 is 34.3. The van der Waals surface area contributed by atoms with Crippen molar-refractivity contribution in [2.24, 2.45) is 0 Å². The molecule has 0 saturated heterocycles. The van der Waals surface area contributed by atoms with Gasteiger partial charge in [-0.05, 0) is 30.3 Å². The van der Waals surface area contributed by atoms with E-state index in [1.807, 2.05) is 20.2 Å². The Hall–Kier alpha value is -2.58. The summed E-state index contributed by atoms with van der Waals surface area (Å²) in [5.41, 5.74) is 0.128. The second-order valence-corrected chi connectivity index (χ2v) is 7.35. The minimum Gasteiger partial charge on any atom is -0.497 e. The van der Waals surface area contributed by atoms with Gasteiger partial charge in [0.25, 0.3) is 5.91 Å². The highest BCUT2D eigenvalue weighted by molar-refractivity contribution is 7.22. The standard InChI is InChI=1S/C19H19F2N3O2S/c1-23(2)9-10-24(18(25)17-13(20)5-4-6-14(17)21)19-22-15-8-7-12(26-3)11-16(15)27-19/h4-8,11H,9-10H2,1-3H3/p+1. The van der Waals surface area contributed by atoms with Crippen molar-refractivity contribution >= 4 is 32.6 Å². The summed E-state index contributed by atoms with van der Waals surface area (Å²) in [7, 11) is 5.45. The van der Waals surface area contributed by atoms with Crippen molar-refractivity contribution in [1.29, 1.82) is 0 Å². The molecule has 0 atom stereocenters. The number of nitrogens with zero attached hydrogens (tertiary/aromatic N) is 2. The highest BCUT2D eigenvalue weighted by Crippen LogP contribution is 2.32. The number of ether oxygens (including phenoxy) is 1. The number of aromatic nitrogens is 1. The van der Waals surface area contributed by atoms with Gasteiger partial charge in [0.1, 0.15) is 22.9 Å². The van der Waals surface area contributed by atoms with Crippen LogP contribution in [-0.2, 0) is 0 Å². The molecule has 5 nitrogen and oxygen atoms in total. The van der Waals surface area contributed by atoms with Crippen molar-refractivity contribution in [3.05, 3.63) is 53.6 Å². The first-order chi connectivity index (χ1) is 12.9. The molecule has 8 heteroatoms. The molecule has 0 spiro atoms. The van der Waals surface area contributed by atoms with Crippen LogP contribution in [0.25, 0.3) is 10.2 Å². The Labute approximate surface area is 159 Å². The SMILES string of the molecule is COc1ccc2nc(N(CC[NH+](C)C)C(=O)c3c(F)cccc3F)sc2c1. The zero-order chi connectivity index (χ0) is 19.6. The smallest absolute Gasteiger partial charge is 0.266 e. The number of hydrogen-bond acceptors (Lipinski definition) is 4. The molecular formula is C19H20F2N3O2S+. The molecule has 1 amide bonds. The lowest BCUT2D eigenvalue weighted by Gasteiger charge is -2.21. The Kier molecular flexibility index (Phi) is 5.67. The molecule has 3 rings (SSSR count). The molecule has 0 unspecified atom stereocenters. The van der Waals surface area contributed by atoms with Crippen LogP contribution in [0.2, 0.25) is 0 Å². The first-order valence-electron chi connectivity index (χ1n) is 8.40. The molecule has 0 fully saturated rings. The van der Waals surface area contributed by atoms with Gasteiger partial charge in [-0.15, -0.1) is 0 Å². The normalized spacial score (nSPS) is 11.2. The van der Waals surface area contributed by atoms with E-state index in [1.54, 1.807) is 19.2 Å². The fourth-order valence-electron chi connectivity index (χ4n) is 2.59. The minimum absolute atomic E-state index is 0.284. The Morgan fingerprint density at radius 3 is 2.56 bits per heavy atom. The van der Waals surface area contributed by atoms with E-state index >= 15 is 0 Å². The minimum atomic E-state index is -0.884. The fourth-order valence-corrected chi connectivity index (χ4v) is 3.61. The molecule has 1 N–H and O–H groups in total. The maximum atomic E-state index is 14.2. The third-order valence-electron chi connectivity index (χ3n) is 4.07. The molecule has 0 saturated carbocycles. The molecule has 2 aromatic carbocycles. The van der Waals surface area contributed by atoms with Crippen LogP contribution in [0.4, 0.5) is 13.9 Å². The lowest BCUT2D eigenvalue weighted by atomic mass is 10.1. The molecule has 0 bridgehead atoms. The predicted octanol–water partition coefficient (Wildman–Crippen LogP) is 2.37. The maximum Gasteiger partial charge on any atom is 0.266 e. The number of hydrogen-bond donors (Lipinski definition) is 1. The number of thiazole rings is 1. The Morgan fingerprint density at radius 1 is 1.22 bits per heavy atom. The summed E-state index contributed by atoms with van der Waals surface area (Å²) in [6.07, 6.45) is 0. The highest BCUT2D eigenvalue weighted by Gasteiger charge is 2.27. The van der Waals surface area contributed by atoms with Gasteiger partial charge in [0.15, 0.2) is 5.13 Å². The largest absolute Gasteiger partial charge is 0.497 e. The molecule has 0 aliphatic rings. The van der Waals surface area contributed by atoms with E-state index < -0.39 is 23.1 Å². The van der Waals surface area contributed by atoms with Gasteiger partial charge < -0.3 is 9.64 Å². The molecule has 0 aliphatic heterocycles. The number of halogens is 2. The van der Waals surface area contributed by atoms with Crippen LogP contribution in [0.3, 0.4) is 0 Å². The Bertz CT molecular complexity index is 954. The van der Waals surface area contributed by atoms with Gasteiger partial charge in [0, 0.05) is 0 Å². The number of fused-ring (bicyclic) bond motifs is 1. The lowest BCUT2D eigenvalue weighted by molar-refractivity contribution is -0.856. The summed E-state index contributed by atoms with van der Waals surface area (Å²) in [4.78, 5) is 19.9. The molecular weight excluding hydrogens is 372 g/mol. The van der Waals surface area contributed by atoms with E-state index in [2.05, 4.69) is 4.98 Å². The Morgan fingerprint density at radius 2 is 1.93 bits per heavy atom. The number of benzene rings is 2. The second-order valence-electron chi connectivity index (χ2n) is 6.34. The number of anilines is 1. The van der Waals surface area contributed by atoms with E-state index in [1.165, 1.54) is 22.3 Å². The van der Waals surface area contributed by atoms with Crippen LogP contribution in [0.5, 0.6) is 5.75 Å². The number of nitrogens with one attached hydrogen (secondary N) is 1. The second kappa shape index (κ2) is 7.98. The summed E-state index contributed by atoms with van der Waals surface area (Å²) in [5.74, 6) is -1.83. The van der Waals surface area contributed by atoms with Crippen LogP contribution in [0, 0.1) is 11.6 Å². The van der Waals surface area contributed by atoms with E-state index in [9.17, 15) is 13.6 Å². The van der Waals surface area contributed by atoms with Gasteiger partial charge >= 0.3 is 0 Å². The van der Waals surface area contributed by atoms with Gasteiger partial charge in [-0.3, -0.25) is 9.69 Å². The third-order valence-corrected chi connectivity index (χ3v) is 5.11. The summed E-state index contributed by atoms with van der Waals surface area (Å²) in [6, 6.07) is 8.78. The molecule has 27 heavy (non-hydrogen) atoms. The summed E-state index contributed by atoms with van der Waals surface area (Å²) in [6.45, 7) is 0.882. The molecule has 0 aliphatic carbocycles. The van der Waals surface area contributed by atoms with E-state index in [0.717, 1.165) is 21.7 Å². The van der Waals surface area contributed by atoms with E-state index in [0.29, 0.717) is 22.9 Å². The topological polar surface area (TPSA) is 46.9 Å². The van der Waals surface area contributed by atoms with Crippen LogP contribution in [0.15, 0.2) is 36.4 Å². The zero-order valence-corrected chi connectivity index (χ0v) is 16.1. The van der Waals surface area contributed by atoms with E-state index in [-0.39, 0.29) is 6.54 Å². The average Bonchev–Trinajstić information content (AvgIpc) is 3.04. The molecule has 142 valence electrons. The fraction of sp³-hybridized carbons (Fsp3) is 0.263. The number of rotatable bonds is 6. The maximum absolute atomic E-state index is 14.2. The van der Waals surface area contributed by atoms with Gasteiger partial charge in [-0.25, -0.2) is 13.8 Å². The first kappa shape index (κ1) is 19.2. The number of carbonyl (C=O) groups is 1. The number of methoxy groups -OCH3 is 1. The van der Waals surface area contributed by atoms with Crippen LogP contribution < -0.4 is 14.5 Å². The van der Waals surface area contributed by atoms with Crippen LogP contribution >= 0.6 is 11.3 Å². The molecule has 3 aromatic rings. The number of carbonyl (C=O) groups excluding carboxylic acids is 1. The van der Waals surface area contributed by atoms with Crippen molar-refractivity contribution < 1.29 is 23.2 Å². The third kappa shape index (κ3) is 4.06. The quantitative estimate of drug-likeness (QED) is 0.701. The highest BCUT2D eigenvalue weighted by atomic mass is 32.1. The zero-order valence-electron chi connectivity index (χ0n) is 15.3. The number of quaternary nitrogens is 1. The molecule has 1 aromatic heterocycles. The van der Waals surface area contributed by atoms with Gasteiger partial charge in [-0.2, -0.15) is 0 Å². The first-order valence-corrected chi connectivity index (χ1v) is 9.22. The predicted molar refractivity (Wildman–Crippen MR) is 102 cm³/mol. The lowest BCUT2D eigenvalue weighted by Crippen LogP contribution is -3.06. The van der Waals surface area contributed by atoms with Gasteiger partial charge in [-0.1, -0.05) is 17.4 Å². The van der Waals surface area contributed by atoms with Crippen molar-refractivity contribution in [1.82, 2.24) is 4.98 Å². The van der Waals surface area contributed by atoms with Crippen molar-refractivity contribution in [2.45, 2.75) is 0 Å². The van der Waals surface area contributed by atoms with Crippen LogP contribution in [0.1, 0.15) is 10.4 Å². The number of likely N-dealkylation sites (N-methyl/N-ethyl adjacent to an activating group) is 1.